The van der Waals surface area contributed by atoms with Gasteiger partial charge in [0, 0.05) is 20.1 Å². The summed E-state index contributed by atoms with van der Waals surface area (Å²) in [5.74, 6) is 10.2. The van der Waals surface area contributed by atoms with Crippen LogP contribution in [0, 0.1) is 23.7 Å². The predicted molar refractivity (Wildman–Crippen MR) is 98.4 cm³/mol. The van der Waals surface area contributed by atoms with Gasteiger partial charge in [-0.2, -0.15) is 0 Å². The van der Waals surface area contributed by atoms with Gasteiger partial charge >= 0.3 is 0 Å². The van der Waals surface area contributed by atoms with Crippen LogP contribution in [0.2, 0.25) is 0 Å². The fraction of sp³-hybridized carbons (Fsp3) is 0.105. The highest BCUT2D eigenvalue weighted by molar-refractivity contribution is 9.10. The Bertz CT molecular complexity index is 705. The van der Waals surface area contributed by atoms with Crippen molar-refractivity contribution in [3.63, 3.8) is 0 Å². The summed E-state index contributed by atoms with van der Waals surface area (Å²) in [6.07, 6.45) is 0. The molecule has 110 valence electrons. The van der Waals surface area contributed by atoms with Crippen LogP contribution in [0.25, 0.3) is 0 Å². The molecule has 0 saturated heterocycles. The zero-order valence-electron chi connectivity index (χ0n) is 12.3. The topological polar surface area (TPSA) is 17.1 Å². The van der Waals surface area contributed by atoms with Crippen LogP contribution < -0.4 is 0 Å². The maximum absolute atomic E-state index is 11.6. The number of benzene rings is 2. The molecule has 0 bridgehead atoms. The molecule has 0 aliphatic carbocycles. The lowest BCUT2D eigenvalue weighted by atomic mass is 10.2. The van der Waals surface area contributed by atoms with E-state index >= 15 is 0 Å². The minimum absolute atomic E-state index is 0.406. The molecule has 0 radical (unpaired) electrons. The van der Waals surface area contributed by atoms with Crippen molar-refractivity contribution in [2.24, 2.45) is 0 Å². The Morgan fingerprint density at radius 3 is 1.50 bits per heavy atom. The van der Waals surface area contributed by atoms with Gasteiger partial charge in [-0.05, 0) is 68.0 Å². The third kappa shape index (κ3) is 5.90. The lowest BCUT2D eigenvalue weighted by molar-refractivity contribution is -0.108. The Labute approximate surface area is 148 Å². The van der Waals surface area contributed by atoms with Gasteiger partial charge in [0.05, 0.1) is 0 Å². The average molecular weight is 418 g/mol. The van der Waals surface area contributed by atoms with Crippen LogP contribution in [0.15, 0.2) is 57.5 Å². The Kier molecular flexibility index (Phi) is 8.30. The quantitative estimate of drug-likeness (QED) is 0.537. The Balaban J connectivity index is 0.00000116. The van der Waals surface area contributed by atoms with E-state index in [0.29, 0.717) is 0 Å². The highest BCUT2D eigenvalue weighted by atomic mass is 79.9. The number of hydrogen-bond donors (Lipinski definition) is 0. The average Bonchev–Trinajstić information content (AvgIpc) is 2.55. The summed E-state index contributed by atoms with van der Waals surface area (Å²) >= 11 is 6.75. The fourth-order valence-electron chi connectivity index (χ4n) is 1.40. The molecule has 0 amide bonds. The number of halogens is 2. The van der Waals surface area contributed by atoms with Crippen LogP contribution in [-0.2, 0) is 4.79 Å². The summed E-state index contributed by atoms with van der Waals surface area (Å²) in [5.41, 5.74) is 1.53. The van der Waals surface area contributed by atoms with E-state index in [1.165, 1.54) is 0 Å². The molecule has 1 nitrogen and oxygen atoms in total. The minimum Gasteiger partial charge on any atom is -0.270 e. The summed E-state index contributed by atoms with van der Waals surface area (Å²) in [6, 6.07) is 14.9. The molecule has 2 aromatic rings. The second kappa shape index (κ2) is 10.0. The maximum atomic E-state index is 11.6. The normalized spacial score (nSPS) is 8.36. The lowest BCUT2D eigenvalue weighted by Crippen LogP contribution is -1.88. The minimum atomic E-state index is -0.406. The highest BCUT2D eigenvalue weighted by Gasteiger charge is 1.95. The van der Waals surface area contributed by atoms with Crippen LogP contribution in [-0.4, -0.2) is 5.78 Å². The molecular formula is C19H14Br2O. The summed E-state index contributed by atoms with van der Waals surface area (Å²) in [5, 5.41) is 0. The van der Waals surface area contributed by atoms with Crippen molar-refractivity contribution in [1.82, 2.24) is 0 Å². The number of hydrogen-bond acceptors (Lipinski definition) is 1. The smallest absolute Gasteiger partial charge is 0.270 e. The van der Waals surface area contributed by atoms with E-state index in [0.717, 1.165) is 20.1 Å². The van der Waals surface area contributed by atoms with Crippen molar-refractivity contribution in [2.75, 3.05) is 0 Å². The zero-order chi connectivity index (χ0) is 16.4. The number of Topliss-reactive ketones (excluding diaryl/α,β-unsaturated/α-hetero) is 1. The number of carbonyl (C=O) groups is 1. The van der Waals surface area contributed by atoms with Gasteiger partial charge in [0.1, 0.15) is 0 Å². The first-order chi connectivity index (χ1) is 10.7. The van der Waals surface area contributed by atoms with Gasteiger partial charge < -0.3 is 0 Å². The second-order valence-electron chi connectivity index (χ2n) is 3.79. The first-order valence-electron chi connectivity index (χ1n) is 6.74. The first-order valence-corrected chi connectivity index (χ1v) is 8.32. The van der Waals surface area contributed by atoms with E-state index in [9.17, 15) is 4.79 Å². The van der Waals surface area contributed by atoms with Crippen molar-refractivity contribution >= 4 is 37.6 Å². The van der Waals surface area contributed by atoms with Crippen LogP contribution in [0.3, 0.4) is 0 Å². The van der Waals surface area contributed by atoms with Gasteiger partial charge in [0.25, 0.3) is 5.78 Å². The number of carbonyl (C=O) groups excluding carboxylic acids is 1. The molecule has 0 N–H and O–H groups in total. The van der Waals surface area contributed by atoms with Gasteiger partial charge in [0.2, 0.25) is 0 Å². The zero-order valence-corrected chi connectivity index (χ0v) is 15.5. The molecule has 0 aromatic heterocycles. The third-order valence-corrected chi connectivity index (χ3v) is 3.75. The molecule has 0 fully saturated rings. The molecule has 0 saturated carbocycles. The Morgan fingerprint density at radius 1 is 0.773 bits per heavy atom. The van der Waals surface area contributed by atoms with Gasteiger partial charge in [-0.15, -0.1) is 0 Å². The first kappa shape index (κ1) is 18.2. The molecule has 3 heteroatoms. The van der Waals surface area contributed by atoms with Crippen LogP contribution in [0.5, 0.6) is 0 Å². The van der Waals surface area contributed by atoms with Crippen molar-refractivity contribution < 1.29 is 4.79 Å². The second-order valence-corrected chi connectivity index (χ2v) is 5.50. The molecule has 0 spiro atoms. The lowest BCUT2D eigenvalue weighted by Gasteiger charge is -1.92. The van der Waals surface area contributed by atoms with Gasteiger partial charge in [0.15, 0.2) is 0 Å². The van der Waals surface area contributed by atoms with Crippen LogP contribution >= 0.6 is 31.9 Å². The van der Waals surface area contributed by atoms with E-state index in [4.69, 9.17) is 0 Å². The van der Waals surface area contributed by atoms with Crippen LogP contribution in [0.4, 0.5) is 0 Å². The van der Waals surface area contributed by atoms with Crippen molar-refractivity contribution in [3.05, 3.63) is 68.6 Å². The highest BCUT2D eigenvalue weighted by Crippen LogP contribution is 2.14. The standard InChI is InChI=1S/C17H8Br2O.C2H6/c18-16-7-3-1-5-13(16)9-11-15(20)12-10-14-6-2-4-8-17(14)19;1-2/h1-8H;1-2H3. The molecule has 0 atom stereocenters. The summed E-state index contributed by atoms with van der Waals surface area (Å²) in [7, 11) is 0. The van der Waals surface area contributed by atoms with Crippen LogP contribution in [0.1, 0.15) is 25.0 Å². The fourth-order valence-corrected chi connectivity index (χ4v) is 2.17. The molecule has 2 aromatic carbocycles. The third-order valence-electron chi connectivity index (χ3n) is 2.37. The van der Waals surface area contributed by atoms with Crippen molar-refractivity contribution in [3.8, 4) is 23.7 Å². The van der Waals surface area contributed by atoms with Crippen molar-refractivity contribution in [1.29, 1.82) is 0 Å². The molecule has 2 rings (SSSR count). The SMILES string of the molecule is CC.O=C(C#Cc1ccccc1Br)C#Cc1ccccc1Br. The largest absolute Gasteiger partial charge is 0.279 e. The Morgan fingerprint density at radius 2 is 1.14 bits per heavy atom. The molecule has 0 aliphatic rings. The summed E-state index contributed by atoms with van der Waals surface area (Å²) < 4.78 is 1.72. The predicted octanol–water partition coefficient (Wildman–Crippen LogP) is 5.21. The summed E-state index contributed by atoms with van der Waals surface area (Å²) in [6.45, 7) is 4.00. The molecule has 0 aliphatic heterocycles. The molecule has 0 unspecified atom stereocenters. The number of ketones is 1. The van der Waals surface area contributed by atoms with E-state index < -0.39 is 5.78 Å². The molecule has 0 heterocycles. The monoisotopic (exact) mass is 416 g/mol. The molecular weight excluding hydrogens is 404 g/mol. The van der Waals surface area contributed by atoms with E-state index in [1.807, 2.05) is 62.4 Å². The van der Waals surface area contributed by atoms with Gasteiger partial charge in [-0.1, -0.05) is 50.0 Å². The van der Waals surface area contributed by atoms with E-state index in [2.05, 4.69) is 55.5 Å². The van der Waals surface area contributed by atoms with E-state index in [-0.39, 0.29) is 0 Å². The molecule has 22 heavy (non-hydrogen) atoms. The van der Waals surface area contributed by atoms with E-state index in [1.54, 1.807) is 0 Å². The van der Waals surface area contributed by atoms with Gasteiger partial charge in [-0.3, -0.25) is 4.79 Å². The number of rotatable bonds is 0. The van der Waals surface area contributed by atoms with Crippen molar-refractivity contribution in [2.45, 2.75) is 13.8 Å². The van der Waals surface area contributed by atoms with Gasteiger partial charge in [-0.25, -0.2) is 0 Å². The maximum Gasteiger partial charge on any atom is 0.279 e. The summed E-state index contributed by atoms with van der Waals surface area (Å²) in [4.78, 5) is 11.6. The Hall–Kier alpha value is -1.81.